The summed E-state index contributed by atoms with van der Waals surface area (Å²) in [5.41, 5.74) is 5.64. The lowest BCUT2D eigenvalue weighted by Crippen LogP contribution is -2.50. The Hall–Kier alpha value is -0.610. The van der Waals surface area contributed by atoms with Crippen molar-refractivity contribution in [2.75, 3.05) is 6.54 Å². The Kier molecular flexibility index (Phi) is 6.96. The van der Waals surface area contributed by atoms with Crippen LogP contribution in [0.2, 0.25) is 0 Å². The fourth-order valence-electron chi connectivity index (χ4n) is 3.25. The van der Waals surface area contributed by atoms with Crippen molar-refractivity contribution in [3.8, 4) is 0 Å². The van der Waals surface area contributed by atoms with E-state index in [0.717, 1.165) is 32.1 Å². The average Bonchev–Trinajstić information content (AvgIpc) is 2.38. The van der Waals surface area contributed by atoms with Gasteiger partial charge in [0.2, 0.25) is 5.91 Å². The molecule has 1 fully saturated rings. The minimum absolute atomic E-state index is 0.0167. The van der Waals surface area contributed by atoms with E-state index in [0.29, 0.717) is 12.5 Å². The Morgan fingerprint density at radius 3 is 2.75 bits per heavy atom. The molecule has 0 saturated heterocycles. The molecule has 0 spiro atoms. The highest BCUT2D eigenvalue weighted by Gasteiger charge is 2.37. The lowest BCUT2D eigenvalue weighted by Gasteiger charge is -2.40. The van der Waals surface area contributed by atoms with Crippen LogP contribution in [0.5, 0.6) is 0 Å². The second-order valence-electron chi connectivity index (χ2n) is 6.55. The molecule has 0 aliphatic heterocycles. The van der Waals surface area contributed by atoms with E-state index in [1.807, 2.05) is 13.8 Å². The highest BCUT2D eigenvalue weighted by Crippen LogP contribution is 2.35. The average molecular weight is 284 g/mol. The van der Waals surface area contributed by atoms with E-state index in [1.54, 1.807) is 0 Å². The third-order valence-electron chi connectivity index (χ3n) is 4.33. The molecule has 4 heteroatoms. The molecule has 0 heterocycles. The zero-order valence-corrected chi connectivity index (χ0v) is 13.6. The smallest absolute Gasteiger partial charge is 0.249 e. The quantitative estimate of drug-likeness (QED) is 0.755. The number of carbonyl (C=O) groups excluding carboxylic acids is 1. The summed E-state index contributed by atoms with van der Waals surface area (Å²) in [6, 6.07) is 0.206. The first kappa shape index (κ1) is 17.4. The minimum atomic E-state index is -0.428. The first-order chi connectivity index (χ1) is 9.42. The summed E-state index contributed by atoms with van der Waals surface area (Å²) < 4.78 is 6.10. The second kappa shape index (κ2) is 7.99. The van der Waals surface area contributed by atoms with E-state index in [2.05, 4.69) is 19.2 Å². The van der Waals surface area contributed by atoms with Crippen molar-refractivity contribution in [1.29, 1.82) is 0 Å². The molecule has 0 bridgehead atoms. The Morgan fingerprint density at radius 2 is 2.20 bits per heavy atom. The number of nitrogens with one attached hydrogen (secondary N) is 1. The molecular formula is C16H32N2O2. The Morgan fingerprint density at radius 1 is 1.50 bits per heavy atom. The molecule has 1 aliphatic rings. The summed E-state index contributed by atoms with van der Waals surface area (Å²) >= 11 is 0. The first-order valence-electron chi connectivity index (χ1n) is 8.10. The van der Waals surface area contributed by atoms with Crippen LogP contribution >= 0.6 is 0 Å². The maximum atomic E-state index is 12.2. The summed E-state index contributed by atoms with van der Waals surface area (Å²) in [5, 5.41) is 3.02. The molecule has 3 N–H and O–H groups in total. The van der Waals surface area contributed by atoms with Gasteiger partial charge in [-0.05, 0) is 39.0 Å². The van der Waals surface area contributed by atoms with E-state index >= 15 is 0 Å². The maximum absolute atomic E-state index is 12.2. The molecule has 4 unspecified atom stereocenters. The van der Waals surface area contributed by atoms with E-state index in [1.165, 1.54) is 6.42 Å². The Balaban J connectivity index is 2.53. The standard InChI is InChI=1S/C16H32N2O2/c1-5-7-13(3)18-15(19)14(4)20-16(11-17)9-6-8-12(2)10-16/h12-14H,5-11,17H2,1-4H3,(H,18,19). The van der Waals surface area contributed by atoms with Gasteiger partial charge in [-0.2, -0.15) is 0 Å². The number of hydrogen-bond acceptors (Lipinski definition) is 3. The van der Waals surface area contributed by atoms with Crippen LogP contribution in [-0.4, -0.2) is 30.2 Å². The maximum Gasteiger partial charge on any atom is 0.249 e. The summed E-state index contributed by atoms with van der Waals surface area (Å²) in [6.07, 6.45) is 5.95. The number of rotatable bonds is 7. The van der Waals surface area contributed by atoms with E-state index in [4.69, 9.17) is 10.5 Å². The van der Waals surface area contributed by atoms with E-state index < -0.39 is 6.10 Å². The zero-order valence-electron chi connectivity index (χ0n) is 13.6. The molecule has 20 heavy (non-hydrogen) atoms. The molecule has 4 atom stereocenters. The second-order valence-corrected chi connectivity index (χ2v) is 6.55. The fraction of sp³-hybridized carbons (Fsp3) is 0.938. The Bertz CT molecular complexity index is 309. The third-order valence-corrected chi connectivity index (χ3v) is 4.33. The van der Waals surface area contributed by atoms with Crippen LogP contribution in [-0.2, 0) is 9.53 Å². The van der Waals surface area contributed by atoms with Crippen molar-refractivity contribution in [1.82, 2.24) is 5.32 Å². The lowest BCUT2D eigenvalue weighted by molar-refractivity contribution is -0.151. The first-order valence-corrected chi connectivity index (χ1v) is 8.10. The van der Waals surface area contributed by atoms with E-state index in [9.17, 15) is 4.79 Å². The molecule has 0 radical (unpaired) electrons. The van der Waals surface area contributed by atoms with Gasteiger partial charge in [-0.15, -0.1) is 0 Å². The van der Waals surface area contributed by atoms with Crippen molar-refractivity contribution in [3.05, 3.63) is 0 Å². The number of nitrogens with two attached hydrogens (primary N) is 1. The monoisotopic (exact) mass is 284 g/mol. The Labute approximate surface area is 123 Å². The van der Waals surface area contributed by atoms with Crippen molar-refractivity contribution in [2.24, 2.45) is 11.7 Å². The van der Waals surface area contributed by atoms with Gasteiger partial charge in [0.1, 0.15) is 6.10 Å². The van der Waals surface area contributed by atoms with Crippen molar-refractivity contribution < 1.29 is 9.53 Å². The van der Waals surface area contributed by atoms with Crippen LogP contribution in [0.25, 0.3) is 0 Å². The van der Waals surface area contributed by atoms with Gasteiger partial charge in [-0.3, -0.25) is 4.79 Å². The predicted octanol–water partition coefficient (Wildman–Crippen LogP) is 2.60. The lowest BCUT2D eigenvalue weighted by atomic mass is 9.78. The van der Waals surface area contributed by atoms with Crippen LogP contribution < -0.4 is 11.1 Å². The van der Waals surface area contributed by atoms with Gasteiger partial charge in [0.15, 0.2) is 0 Å². The number of carbonyl (C=O) groups is 1. The largest absolute Gasteiger partial charge is 0.361 e. The van der Waals surface area contributed by atoms with Gasteiger partial charge in [-0.1, -0.05) is 33.1 Å². The molecule has 0 aromatic heterocycles. The highest BCUT2D eigenvalue weighted by molar-refractivity contribution is 5.80. The SMILES string of the molecule is CCCC(C)NC(=O)C(C)OC1(CN)CCCC(C)C1. The van der Waals surface area contributed by atoms with Crippen molar-refractivity contribution >= 4 is 5.91 Å². The molecule has 4 nitrogen and oxygen atoms in total. The molecule has 0 aromatic rings. The van der Waals surface area contributed by atoms with E-state index in [-0.39, 0.29) is 17.6 Å². The molecule has 1 rings (SSSR count). The number of ether oxygens (including phenoxy) is 1. The molecule has 1 amide bonds. The van der Waals surface area contributed by atoms with Gasteiger partial charge in [0.25, 0.3) is 0 Å². The van der Waals surface area contributed by atoms with Crippen LogP contribution in [0, 0.1) is 5.92 Å². The van der Waals surface area contributed by atoms with Crippen LogP contribution in [0.3, 0.4) is 0 Å². The van der Waals surface area contributed by atoms with Gasteiger partial charge in [0, 0.05) is 12.6 Å². The van der Waals surface area contributed by atoms with Crippen molar-refractivity contribution in [2.45, 2.75) is 84.0 Å². The molecule has 0 aromatic carbocycles. The van der Waals surface area contributed by atoms with Crippen molar-refractivity contribution in [3.63, 3.8) is 0 Å². The van der Waals surface area contributed by atoms with Gasteiger partial charge >= 0.3 is 0 Å². The summed E-state index contributed by atoms with van der Waals surface area (Å²) in [7, 11) is 0. The molecular weight excluding hydrogens is 252 g/mol. The topological polar surface area (TPSA) is 64.3 Å². The van der Waals surface area contributed by atoms with Gasteiger partial charge in [-0.25, -0.2) is 0 Å². The third kappa shape index (κ3) is 5.06. The summed E-state index contributed by atoms with van der Waals surface area (Å²) in [6.45, 7) is 8.73. The highest BCUT2D eigenvalue weighted by atomic mass is 16.5. The summed E-state index contributed by atoms with van der Waals surface area (Å²) in [4.78, 5) is 12.2. The molecule has 1 saturated carbocycles. The predicted molar refractivity (Wildman–Crippen MR) is 82.5 cm³/mol. The fourth-order valence-corrected chi connectivity index (χ4v) is 3.25. The molecule has 118 valence electrons. The van der Waals surface area contributed by atoms with Crippen LogP contribution in [0.4, 0.5) is 0 Å². The van der Waals surface area contributed by atoms with Crippen LogP contribution in [0.1, 0.15) is 66.2 Å². The zero-order chi connectivity index (χ0) is 15.2. The van der Waals surface area contributed by atoms with Crippen LogP contribution in [0.15, 0.2) is 0 Å². The number of amides is 1. The normalized spacial score (nSPS) is 29.8. The minimum Gasteiger partial charge on any atom is -0.361 e. The molecule has 1 aliphatic carbocycles. The van der Waals surface area contributed by atoms with Gasteiger partial charge < -0.3 is 15.8 Å². The number of hydrogen-bond donors (Lipinski definition) is 2. The van der Waals surface area contributed by atoms with Gasteiger partial charge in [0.05, 0.1) is 5.60 Å². The summed E-state index contributed by atoms with van der Waals surface area (Å²) in [5.74, 6) is 0.610.